The molecule has 0 aliphatic rings. The highest BCUT2D eigenvalue weighted by Gasteiger charge is 2.19. The molecule has 0 aliphatic heterocycles. The molecule has 0 aromatic carbocycles. The van der Waals surface area contributed by atoms with Gasteiger partial charge in [-0.1, -0.05) is 31.8 Å². The number of hydrogen-bond acceptors (Lipinski definition) is 4. The highest BCUT2D eigenvalue weighted by atomic mass is 28.3. The lowest BCUT2D eigenvalue weighted by atomic mass is 10.2. The Morgan fingerprint density at radius 3 is 2.64 bits per heavy atom. The van der Waals surface area contributed by atoms with Crippen LogP contribution in [0.3, 0.4) is 0 Å². The van der Waals surface area contributed by atoms with Gasteiger partial charge in [-0.25, -0.2) is 9.79 Å². The van der Waals surface area contributed by atoms with E-state index >= 15 is 0 Å². The minimum atomic E-state index is -1.11. The Hall–Kier alpha value is -1.66. The summed E-state index contributed by atoms with van der Waals surface area (Å²) < 4.78 is 12.3. The molecular formula is C16H26N2O3Si. The third kappa shape index (κ3) is 4.96. The summed E-state index contributed by atoms with van der Waals surface area (Å²) in [6, 6.07) is 1.09. The van der Waals surface area contributed by atoms with Gasteiger partial charge in [-0.2, -0.15) is 0 Å². The second kappa shape index (κ2) is 8.10. The molecule has 122 valence electrons. The molecule has 1 rings (SSSR count). The maximum Gasteiger partial charge on any atom is 0.340 e. The summed E-state index contributed by atoms with van der Waals surface area (Å²) in [4.78, 5) is 15.9. The zero-order valence-electron chi connectivity index (χ0n) is 14.2. The van der Waals surface area contributed by atoms with Crippen molar-refractivity contribution in [3.63, 3.8) is 0 Å². The second-order valence-corrected chi connectivity index (χ2v) is 11.9. The zero-order chi connectivity index (χ0) is 16.8. The van der Waals surface area contributed by atoms with Gasteiger partial charge in [0.25, 0.3) is 0 Å². The molecule has 0 saturated carbocycles. The summed E-state index contributed by atoms with van der Waals surface area (Å²) in [5.74, 6) is 0.227. The van der Waals surface area contributed by atoms with E-state index < -0.39 is 8.07 Å². The van der Waals surface area contributed by atoms with E-state index in [4.69, 9.17) is 9.47 Å². The molecule has 5 nitrogen and oxygen atoms in total. The van der Waals surface area contributed by atoms with Gasteiger partial charge in [0.1, 0.15) is 12.5 Å². The molecule has 0 bridgehead atoms. The Labute approximate surface area is 133 Å². The first-order valence-electron chi connectivity index (χ1n) is 7.32. The zero-order valence-corrected chi connectivity index (χ0v) is 15.2. The first-order valence-corrected chi connectivity index (χ1v) is 11.0. The van der Waals surface area contributed by atoms with E-state index in [0.717, 1.165) is 6.04 Å². The molecule has 0 fully saturated rings. The molecule has 1 heterocycles. The quantitative estimate of drug-likeness (QED) is 0.315. The van der Waals surface area contributed by atoms with Crippen molar-refractivity contribution in [2.24, 2.45) is 4.99 Å². The number of aromatic nitrogens is 1. The molecular weight excluding hydrogens is 296 g/mol. The molecule has 6 heteroatoms. The Morgan fingerprint density at radius 1 is 1.45 bits per heavy atom. The summed E-state index contributed by atoms with van der Waals surface area (Å²) in [5, 5.41) is 0. The number of hydrogen-bond donors (Lipinski definition) is 0. The average molecular weight is 322 g/mol. The highest BCUT2D eigenvalue weighted by molar-refractivity contribution is 6.76. The molecule has 1 aromatic rings. The number of carbonyl (C=O) groups excluding carboxylic acids is 1. The Morgan fingerprint density at radius 2 is 2.14 bits per heavy atom. The van der Waals surface area contributed by atoms with Gasteiger partial charge in [-0.05, 0) is 19.7 Å². The number of nitrogens with zero attached hydrogens (tertiary/aromatic N) is 2. The molecule has 0 atom stereocenters. The van der Waals surface area contributed by atoms with Crippen molar-refractivity contribution in [3.05, 3.63) is 23.4 Å². The third-order valence-electron chi connectivity index (χ3n) is 3.20. The van der Waals surface area contributed by atoms with Gasteiger partial charge < -0.3 is 14.0 Å². The fourth-order valence-electron chi connectivity index (χ4n) is 1.98. The molecule has 0 aliphatic carbocycles. The highest BCUT2D eigenvalue weighted by Crippen LogP contribution is 2.28. The van der Waals surface area contributed by atoms with Crippen molar-refractivity contribution < 1.29 is 14.3 Å². The fourth-order valence-corrected chi connectivity index (χ4v) is 2.74. The molecule has 22 heavy (non-hydrogen) atoms. The monoisotopic (exact) mass is 322 g/mol. The van der Waals surface area contributed by atoms with Crippen LogP contribution in [0.4, 0.5) is 5.82 Å². The molecule has 0 saturated heterocycles. The Balaban J connectivity index is 2.95. The molecule has 0 unspecified atom stereocenters. The van der Waals surface area contributed by atoms with Gasteiger partial charge in [-0.15, -0.1) is 0 Å². The van der Waals surface area contributed by atoms with Gasteiger partial charge in [0.2, 0.25) is 0 Å². The molecule has 0 amide bonds. The number of rotatable bonds is 8. The van der Waals surface area contributed by atoms with Crippen molar-refractivity contribution in [3.8, 4) is 0 Å². The first-order chi connectivity index (χ1) is 10.3. The van der Waals surface area contributed by atoms with E-state index in [1.54, 1.807) is 10.8 Å². The Kier molecular flexibility index (Phi) is 6.77. The van der Waals surface area contributed by atoms with Crippen LogP contribution in [0.1, 0.15) is 22.8 Å². The molecule has 0 radical (unpaired) electrons. The number of carbonyl (C=O) groups is 1. The topological polar surface area (TPSA) is 52.8 Å². The standard InChI is InChI=1S/C16H26N2O3Si/c1-7-8-13-14(16(19)20-3)11-18(15(13)17-2)12-21-9-10-22(4,5)6/h7-8,11H,2,9-10,12H2,1,3-6H3/b8-7-. The maximum atomic E-state index is 11.9. The van der Waals surface area contributed by atoms with Crippen LogP contribution >= 0.6 is 0 Å². The van der Waals surface area contributed by atoms with E-state index in [2.05, 4.69) is 31.4 Å². The number of aliphatic imine (C=N–C) groups is 1. The van der Waals surface area contributed by atoms with E-state index in [0.29, 0.717) is 30.3 Å². The SMILES string of the molecule is C=Nc1c(/C=C\C)c(C(=O)OC)cn1COCC[Si](C)(C)C. The van der Waals surface area contributed by atoms with Gasteiger partial charge in [0.15, 0.2) is 0 Å². The van der Waals surface area contributed by atoms with Crippen LogP contribution in [-0.4, -0.2) is 39.0 Å². The van der Waals surface area contributed by atoms with Crippen LogP contribution in [0.5, 0.6) is 0 Å². The molecule has 1 aromatic heterocycles. The van der Waals surface area contributed by atoms with Gasteiger partial charge in [0, 0.05) is 26.4 Å². The number of allylic oxidation sites excluding steroid dienone is 1. The minimum Gasteiger partial charge on any atom is -0.465 e. The van der Waals surface area contributed by atoms with Crippen LogP contribution in [0.2, 0.25) is 25.7 Å². The average Bonchev–Trinajstić information content (AvgIpc) is 2.80. The summed E-state index contributed by atoms with van der Waals surface area (Å²) >= 11 is 0. The van der Waals surface area contributed by atoms with E-state index in [1.807, 2.05) is 19.1 Å². The van der Waals surface area contributed by atoms with Crippen molar-refractivity contribution in [1.29, 1.82) is 0 Å². The normalized spacial score (nSPS) is 11.9. The summed E-state index contributed by atoms with van der Waals surface area (Å²) in [5.41, 5.74) is 1.18. The number of ether oxygens (including phenoxy) is 2. The van der Waals surface area contributed by atoms with Gasteiger partial charge >= 0.3 is 5.97 Å². The predicted octanol–water partition coefficient (Wildman–Crippen LogP) is 3.95. The van der Waals surface area contributed by atoms with E-state index in [-0.39, 0.29) is 5.97 Å². The lowest BCUT2D eigenvalue weighted by molar-refractivity contribution is 0.0599. The third-order valence-corrected chi connectivity index (χ3v) is 4.91. The van der Waals surface area contributed by atoms with E-state index in [9.17, 15) is 4.79 Å². The Bertz CT molecular complexity index is 556. The van der Waals surface area contributed by atoms with Gasteiger partial charge in [-0.3, -0.25) is 0 Å². The molecule has 0 N–H and O–H groups in total. The van der Waals surface area contributed by atoms with Crippen LogP contribution in [0.25, 0.3) is 6.08 Å². The van der Waals surface area contributed by atoms with Crippen molar-refractivity contribution in [2.75, 3.05) is 13.7 Å². The largest absolute Gasteiger partial charge is 0.465 e. The summed E-state index contributed by atoms with van der Waals surface area (Å²) in [7, 11) is 0.251. The summed E-state index contributed by atoms with van der Waals surface area (Å²) in [6.45, 7) is 13.5. The number of esters is 1. The van der Waals surface area contributed by atoms with Crippen LogP contribution in [0, 0.1) is 0 Å². The van der Waals surface area contributed by atoms with E-state index in [1.165, 1.54) is 7.11 Å². The van der Waals surface area contributed by atoms with Crippen molar-refractivity contribution in [2.45, 2.75) is 39.3 Å². The van der Waals surface area contributed by atoms with Crippen molar-refractivity contribution >= 4 is 32.7 Å². The fraction of sp³-hybridized carbons (Fsp3) is 0.500. The van der Waals surface area contributed by atoms with Crippen LogP contribution in [-0.2, 0) is 16.2 Å². The lowest BCUT2D eigenvalue weighted by Gasteiger charge is -2.15. The van der Waals surface area contributed by atoms with Crippen molar-refractivity contribution in [1.82, 2.24) is 4.57 Å². The smallest absolute Gasteiger partial charge is 0.340 e. The molecule has 0 spiro atoms. The minimum absolute atomic E-state index is 0.348. The lowest BCUT2D eigenvalue weighted by Crippen LogP contribution is -2.21. The van der Waals surface area contributed by atoms with Crippen LogP contribution < -0.4 is 0 Å². The first kappa shape index (κ1) is 18.4. The van der Waals surface area contributed by atoms with Crippen LogP contribution in [0.15, 0.2) is 17.3 Å². The summed E-state index contributed by atoms with van der Waals surface area (Å²) in [6.07, 6.45) is 5.39. The van der Waals surface area contributed by atoms with Gasteiger partial charge in [0.05, 0.1) is 12.7 Å². The second-order valence-electron chi connectivity index (χ2n) is 6.25. The maximum absolute atomic E-state index is 11.9. The predicted molar refractivity (Wildman–Crippen MR) is 93.8 cm³/mol. The number of methoxy groups -OCH3 is 1.